The van der Waals surface area contributed by atoms with Crippen LogP contribution in [-0.2, 0) is 6.18 Å². The van der Waals surface area contributed by atoms with Gasteiger partial charge in [0, 0.05) is 49.7 Å². The van der Waals surface area contributed by atoms with Gasteiger partial charge in [0.15, 0.2) is 11.3 Å². The topological polar surface area (TPSA) is 90.7 Å². The molecule has 0 saturated carbocycles. The molecule has 1 unspecified atom stereocenters. The van der Waals surface area contributed by atoms with E-state index >= 15 is 0 Å². The highest BCUT2D eigenvalue weighted by Gasteiger charge is 2.37. The van der Waals surface area contributed by atoms with Crippen molar-refractivity contribution in [2.24, 2.45) is 5.10 Å². The molecule has 2 N–H and O–H groups in total. The maximum absolute atomic E-state index is 13.8. The van der Waals surface area contributed by atoms with Crippen LogP contribution < -0.4 is 5.43 Å². The Labute approximate surface area is 178 Å². The molecule has 0 spiro atoms. The Kier molecular flexibility index (Phi) is 4.50. The quantitative estimate of drug-likeness (QED) is 0.643. The molecule has 12 heteroatoms. The smallest absolute Gasteiger partial charge is 0.329 e. The molecule has 0 bridgehead atoms. The summed E-state index contributed by atoms with van der Waals surface area (Å²) < 4.78 is 42.5. The normalized spacial score (nSPS) is 18.6. The second kappa shape index (κ2) is 7.12. The van der Waals surface area contributed by atoms with Crippen molar-refractivity contribution in [3.05, 3.63) is 58.3 Å². The zero-order valence-electron chi connectivity index (χ0n) is 15.8. The van der Waals surface area contributed by atoms with Crippen molar-refractivity contribution in [3.8, 4) is 0 Å². The van der Waals surface area contributed by atoms with E-state index in [4.69, 9.17) is 11.6 Å². The third-order valence-corrected chi connectivity index (χ3v) is 5.71. The third kappa shape index (κ3) is 3.34. The molecule has 31 heavy (non-hydrogen) atoms. The van der Waals surface area contributed by atoms with E-state index in [1.54, 1.807) is 12.4 Å². The first-order chi connectivity index (χ1) is 14.8. The Morgan fingerprint density at radius 2 is 2.16 bits per heavy atom. The number of hydrazone groups is 1. The fraction of sp³-hybridized carbons (Fsp3) is 0.263. The number of nitrogens with zero attached hydrogens (tertiary/aromatic N) is 5. The summed E-state index contributed by atoms with van der Waals surface area (Å²) in [6.45, 7) is 0.951. The number of aromatic amines is 1. The van der Waals surface area contributed by atoms with Gasteiger partial charge in [-0.25, -0.2) is 4.98 Å². The lowest BCUT2D eigenvalue weighted by atomic mass is 10.0. The molecule has 0 fully saturated rings. The number of hydrogen-bond donors (Lipinski definition) is 2. The Balaban J connectivity index is 1.53. The Morgan fingerprint density at radius 1 is 1.32 bits per heavy atom. The molecule has 0 radical (unpaired) electrons. The van der Waals surface area contributed by atoms with E-state index in [0.717, 1.165) is 21.6 Å². The van der Waals surface area contributed by atoms with Crippen LogP contribution in [-0.4, -0.2) is 56.2 Å². The number of carbonyl (C=O) groups excluding carboxylic acids is 1. The number of rotatable bonds is 3. The van der Waals surface area contributed by atoms with Gasteiger partial charge in [-0.3, -0.25) is 14.3 Å². The van der Waals surface area contributed by atoms with Gasteiger partial charge in [-0.1, -0.05) is 17.7 Å². The number of hydrogen-bond acceptors (Lipinski definition) is 5. The summed E-state index contributed by atoms with van der Waals surface area (Å²) in [6, 6.07) is 1.03. The second-order valence-electron chi connectivity index (χ2n) is 7.28. The molecular weight excluding hydrogens is 435 g/mol. The van der Waals surface area contributed by atoms with Crippen molar-refractivity contribution < 1.29 is 18.0 Å². The number of alkyl halides is 3. The van der Waals surface area contributed by atoms with Crippen LogP contribution in [0.5, 0.6) is 0 Å². The molecule has 0 saturated heterocycles. The van der Waals surface area contributed by atoms with Crippen LogP contribution in [0.2, 0.25) is 5.15 Å². The summed E-state index contributed by atoms with van der Waals surface area (Å²) in [7, 11) is 0. The third-order valence-electron chi connectivity index (χ3n) is 5.35. The van der Waals surface area contributed by atoms with E-state index in [-0.39, 0.29) is 23.3 Å². The van der Waals surface area contributed by atoms with E-state index < -0.39 is 23.3 Å². The molecule has 160 valence electrons. The van der Waals surface area contributed by atoms with Gasteiger partial charge >= 0.3 is 6.18 Å². The van der Waals surface area contributed by atoms with Gasteiger partial charge in [0.1, 0.15) is 5.15 Å². The maximum Gasteiger partial charge on any atom is 0.419 e. The molecular formula is C19H15ClF3N7O. The van der Waals surface area contributed by atoms with Crippen molar-refractivity contribution in [1.29, 1.82) is 0 Å². The highest BCUT2D eigenvalue weighted by molar-refractivity contribution is 6.33. The Morgan fingerprint density at radius 3 is 2.84 bits per heavy atom. The molecule has 1 amide bonds. The molecule has 3 aromatic heterocycles. The van der Waals surface area contributed by atoms with Gasteiger partial charge in [-0.15, -0.1) is 0 Å². The summed E-state index contributed by atoms with van der Waals surface area (Å²) in [5.41, 5.74) is 3.24. The summed E-state index contributed by atoms with van der Waals surface area (Å²) in [4.78, 5) is 18.5. The van der Waals surface area contributed by atoms with Crippen molar-refractivity contribution >= 4 is 34.9 Å². The molecule has 0 aliphatic carbocycles. The summed E-state index contributed by atoms with van der Waals surface area (Å²) in [5, 5.41) is 10.3. The fourth-order valence-electron chi connectivity index (χ4n) is 3.73. The van der Waals surface area contributed by atoms with Crippen LogP contribution in [0.1, 0.15) is 33.1 Å². The van der Waals surface area contributed by atoms with Crippen molar-refractivity contribution in [3.63, 3.8) is 0 Å². The van der Waals surface area contributed by atoms with Gasteiger partial charge < -0.3 is 10.3 Å². The summed E-state index contributed by atoms with van der Waals surface area (Å²) >= 11 is 6.37. The predicted molar refractivity (Wildman–Crippen MR) is 107 cm³/mol. The largest absolute Gasteiger partial charge is 0.419 e. The average Bonchev–Trinajstić information content (AvgIpc) is 3.53. The van der Waals surface area contributed by atoms with Crippen molar-refractivity contribution in [1.82, 2.24) is 29.9 Å². The minimum absolute atomic E-state index is 0.160. The van der Waals surface area contributed by atoms with Crippen LogP contribution in [0.3, 0.4) is 0 Å². The molecule has 5 rings (SSSR count). The molecule has 2 aliphatic rings. The number of pyridine rings is 1. The van der Waals surface area contributed by atoms with Gasteiger partial charge in [0.05, 0.1) is 11.8 Å². The minimum atomic E-state index is -4.67. The number of H-pyrrole nitrogens is 1. The number of amides is 1. The monoisotopic (exact) mass is 449 g/mol. The Hall–Kier alpha value is -3.34. The summed E-state index contributed by atoms with van der Waals surface area (Å²) in [6.07, 6.45) is 3.54. The molecule has 3 aromatic rings. The number of imidazole rings is 1. The second-order valence-corrected chi connectivity index (χ2v) is 7.64. The number of halogens is 4. The van der Waals surface area contributed by atoms with Crippen molar-refractivity contribution in [2.75, 3.05) is 19.6 Å². The van der Waals surface area contributed by atoms with Crippen LogP contribution in [0, 0.1) is 0 Å². The van der Waals surface area contributed by atoms with Crippen LogP contribution in [0.15, 0.2) is 35.8 Å². The lowest BCUT2D eigenvalue weighted by Crippen LogP contribution is -2.29. The highest BCUT2D eigenvalue weighted by atomic mass is 35.5. The fourth-order valence-corrected chi connectivity index (χ4v) is 3.98. The zero-order valence-corrected chi connectivity index (χ0v) is 16.6. The number of nitrogens with one attached hydrogen (secondary N) is 2. The molecule has 8 nitrogen and oxygen atoms in total. The first-order valence-corrected chi connectivity index (χ1v) is 9.73. The van der Waals surface area contributed by atoms with E-state index in [1.165, 1.54) is 17.3 Å². The van der Waals surface area contributed by atoms with E-state index in [1.807, 2.05) is 6.08 Å². The van der Waals surface area contributed by atoms with Gasteiger partial charge in [-0.05, 0) is 17.2 Å². The van der Waals surface area contributed by atoms with E-state index in [9.17, 15) is 18.0 Å². The molecule has 1 atom stereocenters. The highest BCUT2D eigenvalue weighted by Crippen LogP contribution is 2.36. The first kappa shape index (κ1) is 19.6. The van der Waals surface area contributed by atoms with Gasteiger partial charge in [0.2, 0.25) is 0 Å². The van der Waals surface area contributed by atoms with Crippen molar-refractivity contribution in [2.45, 2.75) is 12.1 Å². The SMILES string of the molecule is O=C(c1nc2c(C(F)(F)F)cc(C3C=NNC3)cn2c1Cl)N1CC=C(c2cn[nH]c2)C1. The average molecular weight is 450 g/mol. The standard InChI is InChI=1S/C19H15ClF3N7O/c20-16-15(18(31)29-2-1-10(8-29)12-4-24-25-5-12)28-17-14(19(21,22)23)3-11(9-30(16)17)13-6-26-27-7-13/h1,3-6,9,13,27H,2,7-8H2,(H,24,25). The first-order valence-electron chi connectivity index (χ1n) is 9.35. The maximum atomic E-state index is 13.8. The van der Waals surface area contributed by atoms with Gasteiger partial charge in [0.25, 0.3) is 5.91 Å². The van der Waals surface area contributed by atoms with E-state index in [0.29, 0.717) is 18.7 Å². The zero-order chi connectivity index (χ0) is 21.8. The number of carbonyl (C=O) groups is 1. The number of aromatic nitrogens is 4. The summed E-state index contributed by atoms with van der Waals surface area (Å²) in [5.74, 6) is -0.884. The molecule has 0 aromatic carbocycles. The van der Waals surface area contributed by atoms with E-state index in [2.05, 4.69) is 25.7 Å². The Bertz CT molecular complexity index is 1230. The minimum Gasteiger partial charge on any atom is -0.329 e. The number of fused-ring (bicyclic) bond motifs is 1. The lowest BCUT2D eigenvalue weighted by Gasteiger charge is -2.15. The predicted octanol–water partition coefficient (Wildman–Crippen LogP) is 2.94. The molecule has 2 aliphatic heterocycles. The lowest BCUT2D eigenvalue weighted by molar-refractivity contribution is -0.136. The van der Waals surface area contributed by atoms with Crippen LogP contribution in [0.4, 0.5) is 13.2 Å². The van der Waals surface area contributed by atoms with Gasteiger partial charge in [-0.2, -0.15) is 23.4 Å². The molecule has 5 heterocycles. The van der Waals surface area contributed by atoms with Crippen LogP contribution in [0.25, 0.3) is 11.2 Å². The van der Waals surface area contributed by atoms with Crippen LogP contribution >= 0.6 is 11.6 Å².